The van der Waals surface area contributed by atoms with Crippen LogP contribution < -0.4 is 10.6 Å². The number of rotatable bonds is 12. The van der Waals surface area contributed by atoms with Gasteiger partial charge in [-0.15, -0.1) is 0 Å². The summed E-state index contributed by atoms with van der Waals surface area (Å²) in [4.78, 5) is 27.1. The van der Waals surface area contributed by atoms with Crippen molar-refractivity contribution >= 4 is 17.6 Å². The number of carbonyl (C=O) groups excluding carboxylic acids is 1. The normalized spacial score (nSPS) is 11.6. The minimum Gasteiger partial charge on any atom is -0.481 e. The molecule has 190 valence electrons. The molecule has 1 amide bonds. The Morgan fingerprint density at radius 2 is 1.65 bits per heavy atom. The van der Waals surface area contributed by atoms with Crippen LogP contribution in [0.15, 0.2) is 83.4 Å². The minimum absolute atomic E-state index is 0.0951. The molecule has 0 radical (unpaired) electrons. The Morgan fingerprint density at radius 3 is 2.35 bits per heavy atom. The lowest BCUT2D eigenvalue weighted by Gasteiger charge is -2.13. The first kappa shape index (κ1) is 25.6. The zero-order valence-corrected chi connectivity index (χ0v) is 20.7. The third-order valence-electron chi connectivity index (χ3n) is 5.98. The summed E-state index contributed by atoms with van der Waals surface area (Å²) >= 11 is 0. The maximum atomic E-state index is 12.0. The molecule has 1 heterocycles. The Bertz CT molecular complexity index is 1300. The van der Waals surface area contributed by atoms with Gasteiger partial charge in [-0.1, -0.05) is 54.5 Å². The molecule has 0 aliphatic carbocycles. The van der Waals surface area contributed by atoms with Crippen molar-refractivity contribution in [1.82, 2.24) is 15.5 Å². The van der Waals surface area contributed by atoms with Gasteiger partial charge in [0.15, 0.2) is 0 Å². The van der Waals surface area contributed by atoms with Crippen molar-refractivity contribution in [3.05, 3.63) is 90.0 Å². The third kappa shape index (κ3) is 7.51. The summed E-state index contributed by atoms with van der Waals surface area (Å²) in [7, 11) is 0. The predicted octanol–water partition coefficient (Wildman–Crippen LogP) is 5.29. The van der Waals surface area contributed by atoms with E-state index in [0.717, 1.165) is 36.2 Å². The van der Waals surface area contributed by atoms with E-state index in [1.807, 2.05) is 54.6 Å². The second-order valence-electron chi connectivity index (χ2n) is 8.99. The maximum absolute atomic E-state index is 12.0. The number of nitrogens with zero attached hydrogens (tertiary/aromatic N) is 2. The second kappa shape index (κ2) is 12.5. The number of carbonyl (C=O) groups is 2. The molecule has 1 aromatic heterocycles. The first-order chi connectivity index (χ1) is 18.0. The summed E-state index contributed by atoms with van der Waals surface area (Å²) < 4.78 is 5.41. The van der Waals surface area contributed by atoms with E-state index >= 15 is 0 Å². The van der Waals surface area contributed by atoms with Crippen LogP contribution in [0, 0.1) is 5.92 Å². The number of carboxylic acids is 1. The second-order valence-corrected chi connectivity index (χ2v) is 8.99. The smallest absolute Gasteiger partial charge is 0.305 e. The number of hydrogen-bond donors (Lipinski definition) is 3. The van der Waals surface area contributed by atoms with Crippen molar-refractivity contribution in [2.45, 2.75) is 26.2 Å². The SMILES string of the molecule is CC(CCNc1ccc(C(=O)NCCC(=O)O)cc1)Cc1ccc(-c2noc(-c3ccccc3)n2)cc1. The molecule has 0 aliphatic heterocycles. The molecule has 1 unspecified atom stereocenters. The van der Waals surface area contributed by atoms with E-state index in [1.165, 1.54) is 5.56 Å². The van der Waals surface area contributed by atoms with Crippen LogP contribution >= 0.6 is 0 Å². The van der Waals surface area contributed by atoms with Gasteiger partial charge in [0.05, 0.1) is 6.42 Å². The number of hydrogen-bond acceptors (Lipinski definition) is 6. The van der Waals surface area contributed by atoms with Gasteiger partial charge in [-0.3, -0.25) is 9.59 Å². The van der Waals surface area contributed by atoms with Crippen molar-refractivity contribution in [3.63, 3.8) is 0 Å². The average Bonchev–Trinajstić information content (AvgIpc) is 3.40. The molecule has 0 saturated heterocycles. The molecule has 1 atom stereocenters. The zero-order chi connectivity index (χ0) is 26.0. The zero-order valence-electron chi connectivity index (χ0n) is 20.7. The summed E-state index contributed by atoms with van der Waals surface area (Å²) in [5, 5.41) is 18.8. The molecule has 8 heteroatoms. The van der Waals surface area contributed by atoms with Crippen molar-refractivity contribution in [2.75, 3.05) is 18.4 Å². The Hall–Kier alpha value is -4.46. The maximum Gasteiger partial charge on any atom is 0.305 e. The van der Waals surface area contributed by atoms with E-state index in [1.54, 1.807) is 12.1 Å². The lowest BCUT2D eigenvalue weighted by Crippen LogP contribution is -2.25. The Labute approximate surface area is 215 Å². The molecular weight excluding hydrogens is 468 g/mol. The Morgan fingerprint density at radius 1 is 0.919 bits per heavy atom. The molecule has 0 bridgehead atoms. The number of amides is 1. The fourth-order valence-corrected chi connectivity index (χ4v) is 3.92. The van der Waals surface area contributed by atoms with Crippen LogP contribution in [0.3, 0.4) is 0 Å². The van der Waals surface area contributed by atoms with Crippen molar-refractivity contribution < 1.29 is 19.2 Å². The van der Waals surface area contributed by atoms with Crippen molar-refractivity contribution in [1.29, 1.82) is 0 Å². The van der Waals surface area contributed by atoms with Crippen LogP contribution in [-0.4, -0.2) is 40.2 Å². The van der Waals surface area contributed by atoms with Crippen LogP contribution in [0.5, 0.6) is 0 Å². The van der Waals surface area contributed by atoms with E-state index in [4.69, 9.17) is 9.63 Å². The van der Waals surface area contributed by atoms with Gasteiger partial charge in [0, 0.05) is 35.5 Å². The molecule has 37 heavy (non-hydrogen) atoms. The Balaban J connectivity index is 1.21. The minimum atomic E-state index is -0.937. The summed E-state index contributed by atoms with van der Waals surface area (Å²) in [5.41, 5.74) is 4.51. The molecule has 4 rings (SSSR count). The first-order valence-corrected chi connectivity index (χ1v) is 12.3. The fraction of sp³-hybridized carbons (Fsp3) is 0.241. The highest BCUT2D eigenvalue weighted by atomic mass is 16.5. The summed E-state index contributed by atoms with van der Waals surface area (Å²) in [6, 6.07) is 25.2. The van der Waals surface area contributed by atoms with Gasteiger partial charge in [0.25, 0.3) is 11.8 Å². The quantitative estimate of drug-likeness (QED) is 0.243. The standard InChI is InChI=1S/C29H30N4O4/c1-20(15-17-30-25-13-11-23(12-14-25)28(36)31-18-16-26(34)35)19-21-7-9-22(10-8-21)27-32-29(37-33-27)24-5-3-2-4-6-24/h2-14,20,30H,15-19H2,1H3,(H,31,36)(H,34,35). The highest BCUT2D eigenvalue weighted by Gasteiger charge is 2.11. The summed E-state index contributed by atoms with van der Waals surface area (Å²) in [5.74, 6) is 0.351. The van der Waals surface area contributed by atoms with Crippen LogP contribution in [0.25, 0.3) is 22.8 Å². The molecule has 0 aliphatic rings. The molecule has 8 nitrogen and oxygen atoms in total. The number of benzene rings is 3. The molecule has 3 N–H and O–H groups in total. The number of carboxylic acid groups (broad SMARTS) is 1. The van der Waals surface area contributed by atoms with Gasteiger partial charge in [0.2, 0.25) is 5.82 Å². The number of anilines is 1. The molecule has 0 saturated carbocycles. The van der Waals surface area contributed by atoms with E-state index in [-0.39, 0.29) is 18.9 Å². The number of aliphatic carboxylic acids is 1. The average molecular weight is 499 g/mol. The van der Waals surface area contributed by atoms with Crippen molar-refractivity contribution in [2.24, 2.45) is 5.92 Å². The molecule has 4 aromatic rings. The van der Waals surface area contributed by atoms with Crippen LogP contribution in [-0.2, 0) is 11.2 Å². The van der Waals surface area contributed by atoms with E-state index in [9.17, 15) is 9.59 Å². The first-order valence-electron chi connectivity index (χ1n) is 12.3. The van der Waals surface area contributed by atoms with Crippen molar-refractivity contribution in [3.8, 4) is 22.8 Å². The largest absolute Gasteiger partial charge is 0.481 e. The van der Waals surface area contributed by atoms with Crippen LogP contribution in [0.2, 0.25) is 0 Å². The molecular formula is C29H30N4O4. The highest BCUT2D eigenvalue weighted by Crippen LogP contribution is 2.23. The van der Waals surface area contributed by atoms with Crippen LogP contribution in [0.1, 0.15) is 35.7 Å². The fourth-order valence-electron chi connectivity index (χ4n) is 3.92. The topological polar surface area (TPSA) is 117 Å². The van der Waals surface area contributed by atoms with Gasteiger partial charge in [0.1, 0.15) is 0 Å². The molecule has 0 fully saturated rings. The van der Waals surface area contributed by atoms with Gasteiger partial charge >= 0.3 is 5.97 Å². The monoisotopic (exact) mass is 498 g/mol. The van der Waals surface area contributed by atoms with Gasteiger partial charge in [-0.2, -0.15) is 4.98 Å². The van der Waals surface area contributed by atoms with Gasteiger partial charge in [-0.25, -0.2) is 0 Å². The lowest BCUT2D eigenvalue weighted by molar-refractivity contribution is -0.136. The number of aromatic nitrogens is 2. The van der Waals surface area contributed by atoms with Gasteiger partial charge < -0.3 is 20.3 Å². The molecule has 0 spiro atoms. The van der Waals surface area contributed by atoms with Crippen LogP contribution in [0.4, 0.5) is 5.69 Å². The Kier molecular flexibility index (Phi) is 8.65. The lowest BCUT2D eigenvalue weighted by atomic mass is 9.97. The van der Waals surface area contributed by atoms with E-state index in [0.29, 0.717) is 23.2 Å². The van der Waals surface area contributed by atoms with E-state index < -0.39 is 5.97 Å². The number of nitrogens with one attached hydrogen (secondary N) is 2. The molecule has 3 aromatic carbocycles. The summed E-state index contributed by atoms with van der Waals surface area (Å²) in [6.07, 6.45) is 1.85. The summed E-state index contributed by atoms with van der Waals surface area (Å²) in [6.45, 7) is 3.15. The predicted molar refractivity (Wildman–Crippen MR) is 142 cm³/mol. The van der Waals surface area contributed by atoms with E-state index in [2.05, 4.69) is 39.8 Å². The van der Waals surface area contributed by atoms with Gasteiger partial charge in [-0.05, 0) is 60.7 Å². The highest BCUT2D eigenvalue weighted by molar-refractivity contribution is 5.94. The third-order valence-corrected chi connectivity index (χ3v) is 5.98.